The number of nitrogens with zero attached hydrogens (tertiary/aromatic N) is 2. The second kappa shape index (κ2) is 8.38. The molecule has 39 heavy (non-hydrogen) atoms. The van der Waals surface area contributed by atoms with Crippen LogP contribution >= 0.6 is 0 Å². The van der Waals surface area contributed by atoms with E-state index in [1.807, 2.05) is 54.6 Å². The monoisotopic (exact) mass is 524 g/mol. The van der Waals surface area contributed by atoms with Crippen molar-refractivity contribution in [3.8, 4) is 11.1 Å². The Labute approximate surface area is 227 Å². The molecular weight excluding hydrogens is 503 g/mol. The summed E-state index contributed by atoms with van der Waals surface area (Å²) < 4.78 is 28.1. The molecule has 8 rings (SSSR count). The van der Waals surface area contributed by atoms with E-state index in [-0.39, 0.29) is 5.82 Å². The van der Waals surface area contributed by atoms with Crippen molar-refractivity contribution in [3.05, 3.63) is 133 Å². The van der Waals surface area contributed by atoms with Crippen LogP contribution < -0.4 is 9.80 Å². The van der Waals surface area contributed by atoms with Gasteiger partial charge in [-0.25, -0.2) is 8.60 Å². The molecule has 0 saturated heterocycles. The van der Waals surface area contributed by atoms with Gasteiger partial charge in [-0.1, -0.05) is 60.7 Å². The maximum Gasteiger partial charge on any atom is 0.123 e. The largest absolute Gasteiger partial charge is 0.309 e. The molecule has 0 fully saturated rings. The van der Waals surface area contributed by atoms with E-state index < -0.39 is 10.8 Å². The van der Waals surface area contributed by atoms with Crippen molar-refractivity contribution in [3.63, 3.8) is 0 Å². The average molecular weight is 525 g/mol. The molecule has 0 amide bonds. The SMILES string of the molecule is O=S1c2ccccc2N(c2ccccc2)c2cc3c(cc21)-c1cccc2cccc(c12)N3c1ccc(F)cc1. The number of para-hydroxylation sites is 2. The molecule has 1 unspecified atom stereocenters. The van der Waals surface area contributed by atoms with Crippen LogP contribution in [0.4, 0.5) is 38.5 Å². The third-order valence-corrected chi connectivity index (χ3v) is 9.05. The maximum absolute atomic E-state index is 14.1. The van der Waals surface area contributed by atoms with E-state index in [2.05, 4.69) is 70.5 Å². The van der Waals surface area contributed by atoms with Gasteiger partial charge in [-0.3, -0.25) is 0 Å². The Bertz CT molecular complexity index is 1950. The lowest BCUT2D eigenvalue weighted by Crippen LogP contribution is -2.21. The van der Waals surface area contributed by atoms with Crippen LogP contribution in [0.3, 0.4) is 0 Å². The summed E-state index contributed by atoms with van der Waals surface area (Å²) in [5, 5.41) is 2.25. The Morgan fingerprint density at radius 1 is 0.513 bits per heavy atom. The lowest BCUT2D eigenvalue weighted by molar-refractivity contribution is 0.628. The number of fused-ring (bicyclic) bond motifs is 4. The molecule has 6 aromatic carbocycles. The first kappa shape index (κ1) is 22.3. The summed E-state index contributed by atoms with van der Waals surface area (Å²) in [6.45, 7) is 0. The van der Waals surface area contributed by atoms with Crippen molar-refractivity contribution in [1.29, 1.82) is 0 Å². The zero-order valence-corrected chi connectivity index (χ0v) is 21.5. The van der Waals surface area contributed by atoms with Crippen LogP contribution in [0.2, 0.25) is 0 Å². The third kappa shape index (κ3) is 3.23. The third-order valence-electron chi connectivity index (χ3n) is 7.58. The second-order valence-corrected chi connectivity index (χ2v) is 11.2. The predicted octanol–water partition coefficient (Wildman–Crippen LogP) is 9.38. The van der Waals surface area contributed by atoms with Gasteiger partial charge in [-0.2, -0.15) is 0 Å². The van der Waals surface area contributed by atoms with Gasteiger partial charge in [0, 0.05) is 22.3 Å². The van der Waals surface area contributed by atoms with E-state index in [4.69, 9.17) is 0 Å². The van der Waals surface area contributed by atoms with Crippen molar-refractivity contribution < 1.29 is 8.60 Å². The van der Waals surface area contributed by atoms with Crippen molar-refractivity contribution in [2.45, 2.75) is 9.79 Å². The molecule has 2 aliphatic rings. The highest BCUT2D eigenvalue weighted by Gasteiger charge is 2.34. The molecule has 0 N–H and O–H groups in total. The zero-order valence-electron chi connectivity index (χ0n) is 20.7. The van der Waals surface area contributed by atoms with E-state index in [0.29, 0.717) is 0 Å². The first-order valence-electron chi connectivity index (χ1n) is 12.8. The highest BCUT2D eigenvalue weighted by Crippen LogP contribution is 2.55. The fourth-order valence-corrected chi connectivity index (χ4v) is 7.27. The highest BCUT2D eigenvalue weighted by molar-refractivity contribution is 7.85. The van der Waals surface area contributed by atoms with E-state index in [1.54, 1.807) is 0 Å². The van der Waals surface area contributed by atoms with Crippen molar-refractivity contribution in [2.24, 2.45) is 0 Å². The minimum absolute atomic E-state index is 0.276. The standard InChI is InChI=1S/C34H21FN2OS/c35-23-16-18-25(19-17-23)37-29-14-7-9-22-8-6-12-26(34(22)29)27-20-33-31(21-30(27)37)36(24-10-2-1-3-11-24)28-13-4-5-15-32(28)39(33)38/h1-21H. The van der Waals surface area contributed by atoms with Crippen LogP contribution in [0.5, 0.6) is 0 Å². The number of rotatable bonds is 2. The number of hydrogen-bond donors (Lipinski definition) is 0. The lowest BCUT2D eigenvalue weighted by Gasteiger charge is -2.38. The molecule has 0 aromatic heterocycles. The van der Waals surface area contributed by atoms with Crippen LogP contribution in [-0.4, -0.2) is 4.21 Å². The van der Waals surface area contributed by atoms with Gasteiger partial charge in [0.05, 0.1) is 43.3 Å². The van der Waals surface area contributed by atoms with E-state index >= 15 is 0 Å². The summed E-state index contributed by atoms with van der Waals surface area (Å²) >= 11 is 0. The fraction of sp³-hybridized carbons (Fsp3) is 0. The summed E-state index contributed by atoms with van der Waals surface area (Å²) in [5.74, 6) is -0.276. The molecule has 0 bridgehead atoms. The summed E-state index contributed by atoms with van der Waals surface area (Å²) in [6.07, 6.45) is 0. The predicted molar refractivity (Wildman–Crippen MR) is 157 cm³/mol. The zero-order chi connectivity index (χ0) is 26.1. The number of benzene rings is 6. The lowest BCUT2D eigenvalue weighted by atomic mass is 9.90. The van der Waals surface area contributed by atoms with Gasteiger partial charge < -0.3 is 9.80 Å². The summed E-state index contributed by atoms with van der Waals surface area (Å²) in [5.41, 5.74) is 7.73. The van der Waals surface area contributed by atoms with Crippen molar-refractivity contribution >= 4 is 55.7 Å². The minimum atomic E-state index is -1.36. The molecule has 0 saturated carbocycles. The Morgan fingerprint density at radius 3 is 2.00 bits per heavy atom. The molecule has 6 aromatic rings. The van der Waals surface area contributed by atoms with Crippen LogP contribution in [-0.2, 0) is 10.8 Å². The Balaban J connectivity index is 1.48. The fourth-order valence-electron chi connectivity index (χ4n) is 5.91. The molecule has 3 nitrogen and oxygen atoms in total. The molecule has 0 spiro atoms. The van der Waals surface area contributed by atoms with Crippen LogP contribution in [0.1, 0.15) is 0 Å². The average Bonchev–Trinajstić information content (AvgIpc) is 2.98. The Morgan fingerprint density at radius 2 is 1.18 bits per heavy atom. The summed E-state index contributed by atoms with van der Waals surface area (Å²) in [7, 11) is -1.36. The second-order valence-electron chi connectivity index (χ2n) is 9.74. The molecule has 1 atom stereocenters. The van der Waals surface area contributed by atoms with E-state index in [9.17, 15) is 8.60 Å². The van der Waals surface area contributed by atoms with Crippen LogP contribution in [0, 0.1) is 5.82 Å². The normalized spacial score (nSPS) is 15.1. The van der Waals surface area contributed by atoms with E-state index in [0.717, 1.165) is 65.8 Å². The molecule has 2 aliphatic heterocycles. The smallest absolute Gasteiger partial charge is 0.123 e. The van der Waals surface area contributed by atoms with Gasteiger partial charge in [0.2, 0.25) is 0 Å². The molecule has 2 heterocycles. The van der Waals surface area contributed by atoms with Gasteiger partial charge in [-0.15, -0.1) is 0 Å². The molecular formula is C34H21FN2OS. The van der Waals surface area contributed by atoms with E-state index in [1.165, 1.54) is 12.1 Å². The first-order chi connectivity index (χ1) is 19.2. The maximum atomic E-state index is 14.1. The number of halogens is 1. The quantitative estimate of drug-likeness (QED) is 0.225. The summed E-state index contributed by atoms with van der Waals surface area (Å²) in [4.78, 5) is 5.94. The topological polar surface area (TPSA) is 23.6 Å². The molecule has 5 heteroatoms. The van der Waals surface area contributed by atoms with Crippen LogP contribution in [0.15, 0.2) is 137 Å². The van der Waals surface area contributed by atoms with Gasteiger partial charge in [0.1, 0.15) is 5.82 Å². The van der Waals surface area contributed by atoms with Crippen molar-refractivity contribution in [1.82, 2.24) is 0 Å². The van der Waals surface area contributed by atoms with Crippen molar-refractivity contribution in [2.75, 3.05) is 9.80 Å². The summed E-state index contributed by atoms with van der Waals surface area (Å²) in [6, 6.07) is 41.5. The number of hydrogen-bond acceptors (Lipinski definition) is 3. The van der Waals surface area contributed by atoms with Gasteiger partial charge >= 0.3 is 0 Å². The van der Waals surface area contributed by atoms with Gasteiger partial charge in [-0.05, 0) is 77.7 Å². The Kier molecular flexibility index (Phi) is 4.78. The van der Waals surface area contributed by atoms with Gasteiger partial charge in [0.15, 0.2) is 0 Å². The molecule has 0 radical (unpaired) electrons. The van der Waals surface area contributed by atoms with Gasteiger partial charge in [0.25, 0.3) is 0 Å². The highest BCUT2D eigenvalue weighted by atomic mass is 32.2. The number of anilines is 6. The molecule has 0 aliphatic carbocycles. The minimum Gasteiger partial charge on any atom is -0.309 e. The first-order valence-corrected chi connectivity index (χ1v) is 14.0. The van der Waals surface area contributed by atoms with Crippen LogP contribution in [0.25, 0.3) is 21.9 Å². The molecule has 186 valence electrons. The Hall–Kier alpha value is -4.74.